The number of aryl methyl sites for hydroxylation is 1. The highest BCUT2D eigenvalue weighted by atomic mass is 35.5. The fraction of sp³-hybridized carbons (Fsp3) is 0.263. The van der Waals surface area contributed by atoms with Crippen LogP contribution in [0.2, 0.25) is 10.0 Å². The van der Waals surface area contributed by atoms with E-state index in [2.05, 4.69) is 15.5 Å². The van der Waals surface area contributed by atoms with Crippen molar-refractivity contribution >= 4 is 46.3 Å². The maximum absolute atomic E-state index is 12.6. The summed E-state index contributed by atoms with van der Waals surface area (Å²) in [5.41, 5.74) is 1.57. The third kappa shape index (κ3) is 5.43. The van der Waals surface area contributed by atoms with Gasteiger partial charge in [0.1, 0.15) is 0 Å². The van der Waals surface area contributed by atoms with Gasteiger partial charge in [-0.1, -0.05) is 23.2 Å². The molecule has 1 amide bonds. The number of hydrogen-bond donors (Lipinski definition) is 1. The van der Waals surface area contributed by atoms with Gasteiger partial charge in [0, 0.05) is 17.2 Å². The van der Waals surface area contributed by atoms with Crippen molar-refractivity contribution in [3.63, 3.8) is 0 Å². The van der Waals surface area contributed by atoms with Gasteiger partial charge in [0.2, 0.25) is 6.04 Å². The number of amides is 1. The van der Waals surface area contributed by atoms with Crippen LogP contribution < -0.4 is 14.8 Å². The Bertz CT molecular complexity index is 911. The van der Waals surface area contributed by atoms with E-state index in [9.17, 15) is 9.59 Å². The van der Waals surface area contributed by atoms with Crippen molar-refractivity contribution in [2.75, 3.05) is 19.5 Å². The Morgan fingerprint density at radius 2 is 1.68 bits per heavy atom. The van der Waals surface area contributed by atoms with E-state index >= 15 is 0 Å². The molecule has 0 aromatic heterocycles. The van der Waals surface area contributed by atoms with Crippen LogP contribution in [0.3, 0.4) is 0 Å². The number of rotatable bonds is 7. The maximum atomic E-state index is 12.6. The van der Waals surface area contributed by atoms with Crippen LogP contribution in [-0.2, 0) is 9.59 Å². The Labute approximate surface area is 172 Å². The third-order valence-electron chi connectivity index (χ3n) is 3.68. The molecular weight excluding hydrogens is 405 g/mol. The molecule has 2 rings (SSSR count). The van der Waals surface area contributed by atoms with Crippen molar-refractivity contribution in [1.29, 1.82) is 0 Å². The summed E-state index contributed by atoms with van der Waals surface area (Å²) in [6, 6.07) is 6.72. The van der Waals surface area contributed by atoms with E-state index in [4.69, 9.17) is 32.7 Å². The van der Waals surface area contributed by atoms with E-state index in [1.807, 2.05) is 6.92 Å². The highest BCUT2D eigenvalue weighted by Gasteiger charge is 2.24. The van der Waals surface area contributed by atoms with Gasteiger partial charge in [-0.2, -0.15) is 10.2 Å². The van der Waals surface area contributed by atoms with Gasteiger partial charge >= 0.3 is 0 Å². The number of azo groups is 1. The number of nitrogens with zero attached hydrogens (tertiary/aromatic N) is 2. The predicted octanol–water partition coefficient (Wildman–Crippen LogP) is 5.00. The van der Waals surface area contributed by atoms with Gasteiger partial charge in [-0.15, -0.1) is 0 Å². The van der Waals surface area contributed by atoms with Gasteiger partial charge in [0.05, 0.1) is 30.6 Å². The number of Topliss-reactive ketones (excluding diaryl/α,β-unsaturated/α-hetero) is 1. The van der Waals surface area contributed by atoms with E-state index < -0.39 is 17.7 Å². The van der Waals surface area contributed by atoms with Crippen molar-refractivity contribution < 1.29 is 19.1 Å². The molecule has 148 valence electrons. The Hall–Kier alpha value is -2.64. The lowest BCUT2D eigenvalue weighted by Crippen LogP contribution is -2.31. The number of benzene rings is 2. The van der Waals surface area contributed by atoms with Crippen LogP contribution in [0.1, 0.15) is 12.5 Å². The first-order valence-electron chi connectivity index (χ1n) is 8.16. The highest BCUT2D eigenvalue weighted by Crippen LogP contribution is 2.36. The number of halogens is 2. The van der Waals surface area contributed by atoms with Crippen molar-refractivity contribution in [2.24, 2.45) is 10.2 Å². The van der Waals surface area contributed by atoms with Crippen LogP contribution in [0.15, 0.2) is 40.6 Å². The van der Waals surface area contributed by atoms with Gasteiger partial charge < -0.3 is 14.8 Å². The largest absolute Gasteiger partial charge is 0.493 e. The van der Waals surface area contributed by atoms with Crippen LogP contribution in [0, 0.1) is 6.92 Å². The molecule has 28 heavy (non-hydrogen) atoms. The molecule has 0 spiro atoms. The number of anilines is 1. The molecule has 0 aliphatic carbocycles. The smallest absolute Gasteiger partial charge is 0.258 e. The number of ether oxygens (including phenoxy) is 2. The number of methoxy groups -OCH3 is 2. The molecule has 9 heteroatoms. The standard InChI is InChI=1S/C19H19Cl2N3O4/c1-10-5-12(20)7-13(6-10)23-24-18(11(2)25)19(26)22-15-9-17(28-4)16(27-3)8-14(15)21/h5-9,18H,1-4H3,(H,22,26). The summed E-state index contributed by atoms with van der Waals surface area (Å²) < 4.78 is 10.3. The third-order valence-corrected chi connectivity index (χ3v) is 4.21. The average molecular weight is 424 g/mol. The molecule has 1 unspecified atom stereocenters. The number of hydrogen-bond acceptors (Lipinski definition) is 6. The van der Waals surface area contributed by atoms with E-state index in [0.29, 0.717) is 22.2 Å². The molecule has 0 saturated heterocycles. The van der Waals surface area contributed by atoms with E-state index in [1.165, 1.54) is 33.3 Å². The average Bonchev–Trinajstić information content (AvgIpc) is 2.62. The lowest BCUT2D eigenvalue weighted by Gasteiger charge is -2.14. The molecule has 0 aliphatic heterocycles. The van der Waals surface area contributed by atoms with Crippen molar-refractivity contribution in [1.82, 2.24) is 0 Å². The molecule has 0 aliphatic rings. The zero-order valence-corrected chi connectivity index (χ0v) is 17.3. The first-order valence-corrected chi connectivity index (χ1v) is 8.91. The number of carbonyl (C=O) groups is 2. The Morgan fingerprint density at radius 3 is 2.25 bits per heavy atom. The van der Waals surface area contributed by atoms with Crippen LogP contribution in [0.25, 0.3) is 0 Å². The Balaban J connectivity index is 2.26. The lowest BCUT2D eigenvalue weighted by molar-refractivity contribution is -0.126. The minimum absolute atomic E-state index is 0.218. The topological polar surface area (TPSA) is 89.4 Å². The summed E-state index contributed by atoms with van der Waals surface area (Å²) in [5.74, 6) is -0.372. The van der Waals surface area contributed by atoms with Crippen LogP contribution in [-0.4, -0.2) is 32.0 Å². The minimum Gasteiger partial charge on any atom is -0.493 e. The molecule has 0 radical (unpaired) electrons. The zero-order valence-electron chi connectivity index (χ0n) is 15.7. The lowest BCUT2D eigenvalue weighted by atomic mass is 10.2. The Kier molecular flexibility index (Phi) is 7.37. The molecule has 0 heterocycles. The summed E-state index contributed by atoms with van der Waals surface area (Å²) in [6.45, 7) is 3.10. The zero-order chi connectivity index (χ0) is 20.8. The number of ketones is 1. The minimum atomic E-state index is -1.34. The summed E-state index contributed by atoms with van der Waals surface area (Å²) >= 11 is 12.2. The summed E-state index contributed by atoms with van der Waals surface area (Å²) in [6.07, 6.45) is 0. The van der Waals surface area contributed by atoms with Gasteiger partial charge in [0.25, 0.3) is 5.91 Å². The molecular formula is C19H19Cl2N3O4. The first kappa shape index (κ1) is 21.7. The van der Waals surface area contributed by atoms with Crippen molar-refractivity contribution in [2.45, 2.75) is 19.9 Å². The molecule has 0 bridgehead atoms. The second-order valence-corrected chi connectivity index (χ2v) is 6.74. The SMILES string of the molecule is COc1cc(Cl)c(NC(=O)C(N=Nc2cc(C)cc(Cl)c2)C(C)=O)cc1OC. The van der Waals surface area contributed by atoms with Gasteiger partial charge in [-0.05, 0) is 37.6 Å². The number of carbonyl (C=O) groups excluding carboxylic acids is 2. The van der Waals surface area contributed by atoms with E-state index in [-0.39, 0.29) is 10.7 Å². The molecule has 2 aromatic rings. The molecule has 0 saturated carbocycles. The molecule has 1 N–H and O–H groups in total. The molecule has 7 nitrogen and oxygen atoms in total. The fourth-order valence-electron chi connectivity index (χ4n) is 2.37. The summed E-state index contributed by atoms with van der Waals surface area (Å²) in [7, 11) is 2.92. The fourth-order valence-corrected chi connectivity index (χ4v) is 2.85. The van der Waals surface area contributed by atoms with Gasteiger partial charge in [-0.25, -0.2) is 0 Å². The predicted molar refractivity (Wildman–Crippen MR) is 108 cm³/mol. The van der Waals surface area contributed by atoms with Crippen molar-refractivity contribution in [3.8, 4) is 11.5 Å². The van der Waals surface area contributed by atoms with Crippen molar-refractivity contribution in [3.05, 3.63) is 45.9 Å². The maximum Gasteiger partial charge on any atom is 0.258 e. The Morgan fingerprint density at radius 1 is 1.04 bits per heavy atom. The number of nitrogens with one attached hydrogen (secondary N) is 1. The second-order valence-electron chi connectivity index (χ2n) is 5.89. The quantitative estimate of drug-likeness (QED) is 0.501. The van der Waals surface area contributed by atoms with Crippen LogP contribution >= 0.6 is 23.2 Å². The first-order chi connectivity index (χ1) is 13.2. The van der Waals surface area contributed by atoms with E-state index in [0.717, 1.165) is 5.56 Å². The van der Waals surface area contributed by atoms with Gasteiger partial charge in [0.15, 0.2) is 17.3 Å². The normalized spacial score (nSPS) is 11.9. The highest BCUT2D eigenvalue weighted by molar-refractivity contribution is 6.34. The molecule has 0 fully saturated rings. The van der Waals surface area contributed by atoms with Crippen LogP contribution in [0.4, 0.5) is 11.4 Å². The summed E-state index contributed by atoms with van der Waals surface area (Å²) in [5, 5.41) is 11.1. The van der Waals surface area contributed by atoms with E-state index in [1.54, 1.807) is 18.2 Å². The van der Waals surface area contributed by atoms with Gasteiger partial charge in [-0.3, -0.25) is 9.59 Å². The monoisotopic (exact) mass is 423 g/mol. The summed E-state index contributed by atoms with van der Waals surface area (Å²) in [4.78, 5) is 24.5. The van der Waals surface area contributed by atoms with Crippen LogP contribution in [0.5, 0.6) is 11.5 Å². The second kappa shape index (κ2) is 9.52. The molecule has 2 aromatic carbocycles. The molecule has 1 atom stereocenters.